The maximum atomic E-state index is 11.2. The van der Waals surface area contributed by atoms with Gasteiger partial charge in [-0.25, -0.2) is 18.5 Å². The summed E-state index contributed by atoms with van der Waals surface area (Å²) < 4.78 is 27.8. The summed E-state index contributed by atoms with van der Waals surface area (Å²) in [7, 11) is 0.181. The molecule has 1 atom stereocenters. The highest BCUT2D eigenvalue weighted by Gasteiger charge is 2.18. The lowest BCUT2D eigenvalue weighted by Gasteiger charge is -2.22. The third-order valence-corrected chi connectivity index (χ3v) is 5.07. The van der Waals surface area contributed by atoms with Crippen LogP contribution in [-0.2, 0) is 10.0 Å². The molecular formula is C11H16N4O3S2. The lowest BCUT2D eigenvalue weighted by atomic mass is 10.2. The van der Waals surface area contributed by atoms with Crippen LogP contribution in [0.15, 0.2) is 33.2 Å². The average Bonchev–Trinajstić information content (AvgIpc) is 2.97. The van der Waals surface area contributed by atoms with Gasteiger partial charge in [0.25, 0.3) is 0 Å². The van der Waals surface area contributed by atoms with E-state index in [1.807, 2.05) is 31.1 Å². The predicted octanol–water partition coefficient (Wildman–Crippen LogP) is 1.10. The van der Waals surface area contributed by atoms with Crippen molar-refractivity contribution in [2.45, 2.75) is 10.3 Å². The molecule has 2 aromatic rings. The van der Waals surface area contributed by atoms with Gasteiger partial charge in [-0.15, -0.1) is 0 Å². The minimum atomic E-state index is -3.69. The molecule has 0 fully saturated rings. The Morgan fingerprint density at radius 1 is 1.55 bits per heavy atom. The molecule has 0 spiro atoms. The summed E-state index contributed by atoms with van der Waals surface area (Å²) in [6.45, 7) is 0.540. The second-order valence-electron chi connectivity index (χ2n) is 4.41. The van der Waals surface area contributed by atoms with Gasteiger partial charge in [0.1, 0.15) is 5.76 Å². The molecule has 0 radical (unpaired) electrons. The van der Waals surface area contributed by atoms with Gasteiger partial charge in [-0.05, 0) is 26.2 Å². The SMILES string of the molecule is CN(C)[C@@H](CNc1ncc(S(N)(=O)=O)s1)c1ccco1. The largest absolute Gasteiger partial charge is 0.468 e. The van der Waals surface area contributed by atoms with Crippen LogP contribution in [0.1, 0.15) is 11.8 Å². The van der Waals surface area contributed by atoms with Crippen molar-refractivity contribution in [2.24, 2.45) is 5.14 Å². The maximum Gasteiger partial charge on any atom is 0.249 e. The predicted molar refractivity (Wildman–Crippen MR) is 77.1 cm³/mol. The number of sulfonamides is 1. The molecule has 2 rings (SSSR count). The number of rotatable bonds is 6. The van der Waals surface area contributed by atoms with Gasteiger partial charge in [-0.2, -0.15) is 0 Å². The third-order valence-electron chi connectivity index (χ3n) is 2.71. The summed E-state index contributed by atoms with van der Waals surface area (Å²) in [6, 6.07) is 3.74. The van der Waals surface area contributed by atoms with E-state index in [1.165, 1.54) is 6.20 Å². The second-order valence-corrected chi connectivity index (χ2v) is 7.22. The Hall–Kier alpha value is -1.42. The molecule has 0 aliphatic heterocycles. The molecule has 0 saturated heterocycles. The minimum Gasteiger partial charge on any atom is -0.468 e. The smallest absolute Gasteiger partial charge is 0.249 e. The zero-order valence-corrected chi connectivity index (χ0v) is 12.7. The fourth-order valence-electron chi connectivity index (χ4n) is 1.68. The van der Waals surface area contributed by atoms with Crippen molar-refractivity contribution < 1.29 is 12.8 Å². The molecule has 3 N–H and O–H groups in total. The normalized spacial score (nSPS) is 13.6. The number of thiazole rings is 1. The van der Waals surface area contributed by atoms with Gasteiger partial charge in [-0.1, -0.05) is 11.3 Å². The van der Waals surface area contributed by atoms with Gasteiger partial charge in [0.05, 0.1) is 18.5 Å². The van der Waals surface area contributed by atoms with Crippen molar-refractivity contribution in [2.75, 3.05) is 26.0 Å². The van der Waals surface area contributed by atoms with Crippen LogP contribution >= 0.6 is 11.3 Å². The number of nitrogens with two attached hydrogens (primary N) is 1. The second kappa shape index (κ2) is 5.92. The molecule has 20 heavy (non-hydrogen) atoms. The van der Waals surface area contributed by atoms with E-state index in [0.29, 0.717) is 11.7 Å². The average molecular weight is 316 g/mol. The summed E-state index contributed by atoms with van der Waals surface area (Å²) in [5.41, 5.74) is 0. The van der Waals surface area contributed by atoms with Gasteiger partial charge in [0.2, 0.25) is 10.0 Å². The highest BCUT2D eigenvalue weighted by molar-refractivity contribution is 7.91. The molecule has 0 bridgehead atoms. The first-order valence-electron chi connectivity index (χ1n) is 5.80. The van der Waals surface area contributed by atoms with E-state index in [1.54, 1.807) is 6.26 Å². The van der Waals surface area contributed by atoms with Crippen LogP contribution in [0.25, 0.3) is 0 Å². The molecule has 0 aliphatic carbocycles. The standard InChI is InChI=1S/C11H16N4O3S2/c1-15(2)8(9-4-3-5-18-9)6-13-11-14-7-10(19-11)20(12,16)17/h3-5,7-8H,6H2,1-2H3,(H,13,14)(H2,12,16,17)/t8-/m0/s1. The number of furan rings is 1. The lowest BCUT2D eigenvalue weighted by molar-refractivity contribution is 0.269. The molecule has 0 saturated carbocycles. The van der Waals surface area contributed by atoms with E-state index in [9.17, 15) is 8.42 Å². The Bertz CT molecular complexity index is 649. The van der Waals surface area contributed by atoms with E-state index in [0.717, 1.165) is 17.1 Å². The van der Waals surface area contributed by atoms with E-state index >= 15 is 0 Å². The highest BCUT2D eigenvalue weighted by Crippen LogP contribution is 2.24. The first kappa shape index (κ1) is 15.0. The molecule has 2 heterocycles. The van der Waals surface area contributed by atoms with Gasteiger partial charge < -0.3 is 9.73 Å². The highest BCUT2D eigenvalue weighted by atomic mass is 32.2. The zero-order valence-electron chi connectivity index (χ0n) is 11.1. The molecular weight excluding hydrogens is 300 g/mol. The Labute approximate surface area is 121 Å². The number of hydrogen-bond acceptors (Lipinski definition) is 7. The third kappa shape index (κ3) is 3.57. The quantitative estimate of drug-likeness (QED) is 0.827. The topological polar surface area (TPSA) is 101 Å². The Kier molecular flexibility index (Phi) is 4.43. The minimum absolute atomic E-state index is 0.0202. The van der Waals surface area contributed by atoms with Crippen LogP contribution in [0.4, 0.5) is 5.13 Å². The van der Waals surface area contributed by atoms with Crippen molar-refractivity contribution in [1.29, 1.82) is 0 Å². The summed E-state index contributed by atoms with van der Waals surface area (Å²) in [6.07, 6.45) is 2.87. The van der Waals surface area contributed by atoms with Crippen LogP contribution in [0.5, 0.6) is 0 Å². The van der Waals surface area contributed by atoms with Gasteiger partial charge in [-0.3, -0.25) is 4.90 Å². The van der Waals surface area contributed by atoms with Crippen LogP contribution in [0, 0.1) is 0 Å². The van der Waals surface area contributed by atoms with Crippen molar-refractivity contribution >= 4 is 26.5 Å². The molecule has 0 unspecified atom stereocenters. The summed E-state index contributed by atoms with van der Waals surface area (Å²) >= 11 is 1.01. The van der Waals surface area contributed by atoms with Crippen LogP contribution in [-0.4, -0.2) is 38.9 Å². The van der Waals surface area contributed by atoms with Crippen molar-refractivity contribution in [3.63, 3.8) is 0 Å². The number of likely N-dealkylation sites (N-methyl/N-ethyl adjacent to an activating group) is 1. The molecule has 0 aliphatic rings. The van der Waals surface area contributed by atoms with E-state index in [-0.39, 0.29) is 10.3 Å². The van der Waals surface area contributed by atoms with Crippen LogP contribution in [0.2, 0.25) is 0 Å². The molecule has 0 aromatic carbocycles. The Morgan fingerprint density at radius 3 is 2.80 bits per heavy atom. The van der Waals surface area contributed by atoms with Crippen molar-refractivity contribution in [3.8, 4) is 0 Å². The lowest BCUT2D eigenvalue weighted by Crippen LogP contribution is -2.26. The summed E-state index contributed by atoms with van der Waals surface area (Å²) in [5, 5.41) is 8.64. The first-order chi connectivity index (χ1) is 9.38. The Morgan fingerprint density at radius 2 is 2.30 bits per heavy atom. The molecule has 7 nitrogen and oxygen atoms in total. The fourth-order valence-corrected chi connectivity index (χ4v) is 3.13. The maximum absolute atomic E-state index is 11.2. The van der Waals surface area contributed by atoms with Crippen molar-refractivity contribution in [3.05, 3.63) is 30.4 Å². The summed E-state index contributed by atoms with van der Waals surface area (Å²) in [5.74, 6) is 0.825. The number of primary sulfonamides is 1. The van der Waals surface area contributed by atoms with Crippen LogP contribution < -0.4 is 10.5 Å². The number of nitrogens with zero attached hydrogens (tertiary/aromatic N) is 2. The number of aromatic nitrogens is 1. The number of nitrogens with one attached hydrogen (secondary N) is 1. The van der Waals surface area contributed by atoms with E-state index in [2.05, 4.69) is 10.3 Å². The Balaban J connectivity index is 2.05. The zero-order chi connectivity index (χ0) is 14.8. The molecule has 2 aromatic heterocycles. The first-order valence-corrected chi connectivity index (χ1v) is 8.16. The molecule has 9 heteroatoms. The van der Waals surface area contributed by atoms with E-state index < -0.39 is 10.0 Å². The molecule has 0 amide bonds. The molecule has 110 valence electrons. The van der Waals surface area contributed by atoms with Gasteiger partial charge >= 0.3 is 0 Å². The fraction of sp³-hybridized carbons (Fsp3) is 0.364. The number of hydrogen-bond donors (Lipinski definition) is 2. The summed E-state index contributed by atoms with van der Waals surface area (Å²) in [4.78, 5) is 5.99. The monoisotopic (exact) mass is 316 g/mol. The van der Waals surface area contributed by atoms with Gasteiger partial charge in [0.15, 0.2) is 9.34 Å². The van der Waals surface area contributed by atoms with Crippen LogP contribution in [0.3, 0.4) is 0 Å². The van der Waals surface area contributed by atoms with Gasteiger partial charge in [0, 0.05) is 6.54 Å². The van der Waals surface area contributed by atoms with E-state index in [4.69, 9.17) is 9.56 Å². The van der Waals surface area contributed by atoms with Crippen molar-refractivity contribution in [1.82, 2.24) is 9.88 Å². The number of anilines is 1.